The number of halogens is 1. The first-order chi connectivity index (χ1) is 6.70. The molecule has 0 bridgehead atoms. The Labute approximate surface area is 101 Å². The Morgan fingerprint density at radius 3 is 2.57 bits per heavy atom. The van der Waals surface area contributed by atoms with Crippen LogP contribution in [-0.4, -0.2) is 29.3 Å². The number of hydrogen-bond acceptors (Lipinski definition) is 2. The molecule has 1 aliphatic rings. The largest absolute Gasteiger partial charge is 0.376 e. The molecule has 1 aliphatic carbocycles. The minimum atomic E-state index is 0.320. The molecule has 1 fully saturated rings. The average Bonchev–Trinajstić information content (AvgIpc) is 2.15. The van der Waals surface area contributed by atoms with Gasteiger partial charge >= 0.3 is 0 Å². The molecule has 1 rings (SSSR count). The predicted molar refractivity (Wildman–Crippen MR) is 67.1 cm³/mol. The first-order valence-corrected chi connectivity index (χ1v) is 6.82. The Bertz CT molecular complexity index is 150. The van der Waals surface area contributed by atoms with Crippen LogP contribution in [0.5, 0.6) is 0 Å². The summed E-state index contributed by atoms with van der Waals surface area (Å²) in [4.78, 5) is 0. The lowest BCUT2D eigenvalue weighted by molar-refractivity contribution is -0.0197. The first-order valence-electron chi connectivity index (χ1n) is 5.57. The lowest BCUT2D eigenvalue weighted by Gasteiger charge is -2.27. The van der Waals surface area contributed by atoms with Gasteiger partial charge in [-0.1, -0.05) is 35.4 Å². The maximum absolute atomic E-state index is 5.81. The summed E-state index contributed by atoms with van der Waals surface area (Å²) in [5, 5.41) is 0. The van der Waals surface area contributed by atoms with Crippen LogP contribution in [0.25, 0.3) is 0 Å². The summed E-state index contributed by atoms with van der Waals surface area (Å²) in [5.41, 5.74) is 0. The van der Waals surface area contributed by atoms with Gasteiger partial charge in [0.2, 0.25) is 0 Å². The molecule has 0 spiro atoms. The second-order valence-corrected chi connectivity index (χ2v) is 5.73. The van der Waals surface area contributed by atoms with Crippen LogP contribution in [0.2, 0.25) is 0 Å². The van der Waals surface area contributed by atoms with Crippen LogP contribution in [0.4, 0.5) is 0 Å². The molecule has 14 heavy (non-hydrogen) atoms. The van der Waals surface area contributed by atoms with Gasteiger partial charge in [-0.3, -0.25) is 0 Å². The molecule has 0 heterocycles. The summed E-state index contributed by atoms with van der Waals surface area (Å²) in [5.74, 6) is 0. The fourth-order valence-corrected chi connectivity index (χ4v) is 2.73. The third-order valence-corrected chi connectivity index (χ3v) is 3.91. The van der Waals surface area contributed by atoms with Crippen LogP contribution in [0, 0.1) is 0 Å². The second kappa shape index (κ2) is 7.01. The van der Waals surface area contributed by atoms with E-state index in [4.69, 9.17) is 9.47 Å². The van der Waals surface area contributed by atoms with Crippen molar-refractivity contribution in [1.82, 2.24) is 0 Å². The Morgan fingerprint density at radius 1 is 1.21 bits per heavy atom. The van der Waals surface area contributed by atoms with Gasteiger partial charge in [0, 0.05) is 3.92 Å². The van der Waals surface area contributed by atoms with Crippen molar-refractivity contribution in [2.24, 2.45) is 0 Å². The lowest BCUT2D eigenvalue weighted by Crippen LogP contribution is -2.29. The van der Waals surface area contributed by atoms with Crippen LogP contribution in [0.15, 0.2) is 0 Å². The van der Waals surface area contributed by atoms with E-state index in [2.05, 4.69) is 36.4 Å². The molecule has 0 aliphatic heterocycles. The molecule has 0 aromatic carbocycles. The van der Waals surface area contributed by atoms with Gasteiger partial charge < -0.3 is 9.47 Å². The van der Waals surface area contributed by atoms with Gasteiger partial charge in [0.25, 0.3) is 0 Å². The van der Waals surface area contributed by atoms with E-state index in [1.165, 1.54) is 25.7 Å². The molecular weight excluding hydrogens is 291 g/mol. The predicted octanol–water partition coefficient (Wildman–Crippen LogP) is 3.17. The maximum atomic E-state index is 5.81. The van der Waals surface area contributed by atoms with E-state index in [0.717, 1.165) is 13.2 Å². The highest BCUT2D eigenvalue weighted by Crippen LogP contribution is 2.27. The van der Waals surface area contributed by atoms with Gasteiger partial charge in [0.1, 0.15) is 0 Å². The van der Waals surface area contributed by atoms with E-state index in [0.29, 0.717) is 16.1 Å². The molecule has 0 radical (unpaired) electrons. The number of rotatable bonds is 5. The number of ether oxygens (including phenoxy) is 2. The van der Waals surface area contributed by atoms with Gasteiger partial charge in [-0.2, -0.15) is 0 Å². The Hall–Kier alpha value is 0.650. The van der Waals surface area contributed by atoms with Crippen molar-refractivity contribution in [3.63, 3.8) is 0 Å². The van der Waals surface area contributed by atoms with E-state index in [1.54, 1.807) is 0 Å². The second-order valence-electron chi connectivity index (χ2n) is 4.13. The summed E-state index contributed by atoms with van der Waals surface area (Å²) >= 11 is 2.52. The molecule has 0 saturated heterocycles. The molecule has 2 nitrogen and oxygen atoms in total. The van der Waals surface area contributed by atoms with Crippen molar-refractivity contribution in [1.29, 1.82) is 0 Å². The minimum Gasteiger partial charge on any atom is -0.376 e. The summed E-state index contributed by atoms with van der Waals surface area (Å²) in [6, 6.07) is 0. The molecule has 0 amide bonds. The van der Waals surface area contributed by atoms with Crippen molar-refractivity contribution >= 4 is 22.6 Å². The van der Waals surface area contributed by atoms with Crippen LogP contribution >= 0.6 is 22.6 Å². The van der Waals surface area contributed by atoms with Gasteiger partial charge in [-0.25, -0.2) is 0 Å². The van der Waals surface area contributed by atoms with Crippen LogP contribution in [-0.2, 0) is 9.47 Å². The Balaban J connectivity index is 2.04. The highest BCUT2D eigenvalue weighted by molar-refractivity contribution is 14.1. The minimum absolute atomic E-state index is 0.320. The first kappa shape index (κ1) is 12.7. The van der Waals surface area contributed by atoms with Gasteiger partial charge in [-0.15, -0.1) is 0 Å². The van der Waals surface area contributed by atoms with E-state index < -0.39 is 0 Å². The standard InChI is InChI=1S/C11H21IO2/c1-9(2)13-7-8-14-11-6-4-3-5-10(11)12/h9-11H,3-8H2,1-2H3. The van der Waals surface area contributed by atoms with Gasteiger partial charge in [0.05, 0.1) is 25.4 Å². The zero-order valence-electron chi connectivity index (χ0n) is 9.17. The quantitative estimate of drug-likeness (QED) is 0.441. The summed E-state index contributed by atoms with van der Waals surface area (Å²) in [6.45, 7) is 5.60. The Morgan fingerprint density at radius 2 is 1.93 bits per heavy atom. The highest BCUT2D eigenvalue weighted by Gasteiger charge is 2.22. The summed E-state index contributed by atoms with van der Waals surface area (Å²) in [7, 11) is 0. The van der Waals surface area contributed by atoms with Gasteiger partial charge in [0.15, 0.2) is 0 Å². The van der Waals surface area contributed by atoms with E-state index in [9.17, 15) is 0 Å². The molecular formula is C11H21IO2. The van der Waals surface area contributed by atoms with Crippen LogP contribution < -0.4 is 0 Å². The molecule has 2 unspecified atom stereocenters. The van der Waals surface area contributed by atoms with E-state index in [-0.39, 0.29) is 0 Å². The molecule has 2 atom stereocenters. The lowest BCUT2D eigenvalue weighted by atomic mass is 9.98. The molecule has 0 N–H and O–H groups in total. The smallest absolute Gasteiger partial charge is 0.0704 e. The SMILES string of the molecule is CC(C)OCCOC1CCCCC1I. The number of alkyl halides is 1. The van der Waals surface area contributed by atoms with Crippen LogP contribution in [0.3, 0.4) is 0 Å². The van der Waals surface area contributed by atoms with Crippen LogP contribution in [0.1, 0.15) is 39.5 Å². The van der Waals surface area contributed by atoms with Crippen molar-refractivity contribution in [2.75, 3.05) is 13.2 Å². The Kier molecular flexibility index (Phi) is 6.37. The third-order valence-electron chi connectivity index (χ3n) is 2.49. The zero-order valence-corrected chi connectivity index (χ0v) is 11.3. The highest BCUT2D eigenvalue weighted by atomic mass is 127. The third kappa shape index (κ3) is 4.94. The summed E-state index contributed by atoms with van der Waals surface area (Å²) < 4.78 is 12.0. The average molecular weight is 312 g/mol. The maximum Gasteiger partial charge on any atom is 0.0704 e. The van der Waals surface area contributed by atoms with E-state index >= 15 is 0 Å². The fraction of sp³-hybridized carbons (Fsp3) is 1.00. The molecule has 1 saturated carbocycles. The molecule has 3 heteroatoms. The fourth-order valence-electron chi connectivity index (χ4n) is 1.72. The molecule has 0 aromatic heterocycles. The normalized spacial score (nSPS) is 28.3. The topological polar surface area (TPSA) is 18.5 Å². The van der Waals surface area contributed by atoms with Gasteiger partial charge in [-0.05, 0) is 26.7 Å². The summed E-state index contributed by atoms with van der Waals surface area (Å²) in [6.07, 6.45) is 6.04. The molecule has 84 valence electrons. The van der Waals surface area contributed by atoms with Crippen molar-refractivity contribution in [3.05, 3.63) is 0 Å². The van der Waals surface area contributed by atoms with Crippen molar-refractivity contribution in [2.45, 2.75) is 55.7 Å². The van der Waals surface area contributed by atoms with E-state index in [1.807, 2.05) is 0 Å². The van der Waals surface area contributed by atoms with Crippen molar-refractivity contribution in [3.8, 4) is 0 Å². The molecule has 0 aromatic rings. The van der Waals surface area contributed by atoms with Crippen molar-refractivity contribution < 1.29 is 9.47 Å². The number of hydrogen-bond donors (Lipinski definition) is 0. The zero-order chi connectivity index (χ0) is 10.4. The monoisotopic (exact) mass is 312 g/mol.